The van der Waals surface area contributed by atoms with Crippen molar-refractivity contribution in [3.63, 3.8) is 0 Å². The van der Waals surface area contributed by atoms with Crippen LogP contribution in [0.25, 0.3) is 0 Å². The molecule has 0 fully saturated rings. The smallest absolute Gasteiger partial charge is 0.335 e. The van der Waals surface area contributed by atoms with Gasteiger partial charge in [0.25, 0.3) is 0 Å². The SMILES string of the molecule is Cn1cnc(OCc2cc(CN)ccc2F)n1. The van der Waals surface area contributed by atoms with Crippen molar-refractivity contribution in [1.82, 2.24) is 14.8 Å². The molecule has 0 unspecified atom stereocenters. The van der Waals surface area contributed by atoms with E-state index in [0.717, 1.165) is 5.56 Å². The number of hydrogen-bond acceptors (Lipinski definition) is 4. The molecule has 2 aromatic rings. The predicted molar refractivity (Wildman–Crippen MR) is 59.6 cm³/mol. The molecule has 0 saturated carbocycles. The van der Waals surface area contributed by atoms with Gasteiger partial charge < -0.3 is 10.5 Å². The minimum Gasteiger partial charge on any atom is -0.457 e. The summed E-state index contributed by atoms with van der Waals surface area (Å²) in [7, 11) is 1.73. The van der Waals surface area contributed by atoms with Gasteiger partial charge in [-0.25, -0.2) is 4.39 Å². The summed E-state index contributed by atoms with van der Waals surface area (Å²) in [5, 5.41) is 3.93. The van der Waals surface area contributed by atoms with Gasteiger partial charge in [0.1, 0.15) is 18.8 Å². The third kappa shape index (κ3) is 2.79. The summed E-state index contributed by atoms with van der Waals surface area (Å²) in [6, 6.07) is 4.94. The van der Waals surface area contributed by atoms with E-state index in [9.17, 15) is 4.39 Å². The summed E-state index contributed by atoms with van der Waals surface area (Å²) >= 11 is 0. The van der Waals surface area contributed by atoms with Crippen molar-refractivity contribution in [2.45, 2.75) is 13.2 Å². The Labute approximate surface area is 98.0 Å². The van der Waals surface area contributed by atoms with Crippen LogP contribution in [0, 0.1) is 5.82 Å². The lowest BCUT2D eigenvalue weighted by Gasteiger charge is -2.05. The molecule has 2 rings (SSSR count). The zero-order chi connectivity index (χ0) is 12.3. The first-order valence-electron chi connectivity index (χ1n) is 5.15. The monoisotopic (exact) mass is 236 g/mol. The Morgan fingerprint density at radius 2 is 2.29 bits per heavy atom. The van der Waals surface area contributed by atoms with E-state index in [1.165, 1.54) is 17.1 Å². The van der Waals surface area contributed by atoms with Crippen molar-refractivity contribution in [3.05, 3.63) is 41.5 Å². The molecule has 0 spiro atoms. The van der Waals surface area contributed by atoms with Crippen LogP contribution in [0.15, 0.2) is 24.5 Å². The van der Waals surface area contributed by atoms with E-state index in [1.54, 1.807) is 19.2 Å². The van der Waals surface area contributed by atoms with E-state index in [4.69, 9.17) is 10.5 Å². The highest BCUT2D eigenvalue weighted by Crippen LogP contribution is 2.12. The molecule has 2 N–H and O–H groups in total. The van der Waals surface area contributed by atoms with Crippen molar-refractivity contribution in [2.75, 3.05) is 0 Å². The van der Waals surface area contributed by atoms with Gasteiger partial charge in [-0.3, -0.25) is 4.68 Å². The number of aryl methyl sites for hydroxylation is 1. The number of aromatic nitrogens is 3. The van der Waals surface area contributed by atoms with Crippen LogP contribution >= 0.6 is 0 Å². The zero-order valence-corrected chi connectivity index (χ0v) is 9.43. The highest BCUT2D eigenvalue weighted by atomic mass is 19.1. The standard InChI is InChI=1S/C11H13FN4O/c1-16-7-14-11(15-16)17-6-9-4-8(5-13)2-3-10(9)12/h2-4,7H,5-6,13H2,1H3. The Morgan fingerprint density at radius 3 is 2.94 bits per heavy atom. The predicted octanol–water partition coefficient (Wildman–Crippen LogP) is 0.992. The van der Waals surface area contributed by atoms with Crippen molar-refractivity contribution < 1.29 is 9.13 Å². The fourth-order valence-electron chi connectivity index (χ4n) is 1.39. The second kappa shape index (κ2) is 4.92. The quantitative estimate of drug-likeness (QED) is 0.859. The molecule has 6 heteroatoms. The topological polar surface area (TPSA) is 66.0 Å². The fraction of sp³-hybridized carbons (Fsp3) is 0.273. The normalized spacial score (nSPS) is 10.5. The molecule has 1 aromatic heterocycles. The molecular weight excluding hydrogens is 223 g/mol. The fourth-order valence-corrected chi connectivity index (χ4v) is 1.39. The highest BCUT2D eigenvalue weighted by Gasteiger charge is 2.06. The van der Waals surface area contributed by atoms with Gasteiger partial charge in [-0.05, 0) is 17.7 Å². The van der Waals surface area contributed by atoms with E-state index in [2.05, 4.69) is 10.1 Å². The molecule has 17 heavy (non-hydrogen) atoms. The third-order valence-electron chi connectivity index (χ3n) is 2.28. The molecule has 0 bridgehead atoms. The van der Waals surface area contributed by atoms with E-state index >= 15 is 0 Å². The second-order valence-corrected chi connectivity index (χ2v) is 3.62. The molecular formula is C11H13FN4O. The largest absolute Gasteiger partial charge is 0.457 e. The Hall–Kier alpha value is -1.95. The van der Waals surface area contributed by atoms with Crippen LogP contribution in [0.5, 0.6) is 6.01 Å². The van der Waals surface area contributed by atoms with E-state index in [0.29, 0.717) is 12.1 Å². The Balaban J connectivity index is 2.07. The van der Waals surface area contributed by atoms with E-state index < -0.39 is 0 Å². The minimum atomic E-state index is -0.321. The molecule has 0 amide bonds. The number of nitrogens with two attached hydrogens (primary N) is 1. The first kappa shape index (κ1) is 11.5. The summed E-state index contributed by atoms with van der Waals surface area (Å²) in [4.78, 5) is 3.89. The zero-order valence-electron chi connectivity index (χ0n) is 9.43. The number of halogens is 1. The van der Waals surface area contributed by atoms with Gasteiger partial charge >= 0.3 is 6.01 Å². The maximum Gasteiger partial charge on any atom is 0.335 e. The van der Waals surface area contributed by atoms with Gasteiger partial charge in [-0.1, -0.05) is 6.07 Å². The number of nitrogens with zero attached hydrogens (tertiary/aromatic N) is 3. The molecule has 1 aromatic carbocycles. The van der Waals surface area contributed by atoms with Gasteiger partial charge in [0.15, 0.2) is 0 Å². The van der Waals surface area contributed by atoms with Crippen molar-refractivity contribution in [1.29, 1.82) is 0 Å². The lowest BCUT2D eigenvalue weighted by atomic mass is 10.1. The first-order valence-corrected chi connectivity index (χ1v) is 5.15. The van der Waals surface area contributed by atoms with Crippen LogP contribution < -0.4 is 10.5 Å². The molecule has 0 saturated heterocycles. The lowest BCUT2D eigenvalue weighted by Crippen LogP contribution is -2.03. The van der Waals surface area contributed by atoms with Gasteiger partial charge in [-0.15, -0.1) is 5.10 Å². The van der Waals surface area contributed by atoms with Crippen molar-refractivity contribution >= 4 is 0 Å². The molecule has 5 nitrogen and oxygen atoms in total. The average molecular weight is 236 g/mol. The van der Waals surface area contributed by atoms with Crippen LogP contribution in [-0.4, -0.2) is 14.8 Å². The van der Waals surface area contributed by atoms with Crippen LogP contribution in [0.4, 0.5) is 4.39 Å². The number of ether oxygens (including phenoxy) is 1. The molecule has 0 aliphatic rings. The minimum absolute atomic E-state index is 0.0870. The second-order valence-electron chi connectivity index (χ2n) is 3.62. The molecule has 90 valence electrons. The summed E-state index contributed by atoms with van der Waals surface area (Å²) in [5.74, 6) is -0.321. The van der Waals surface area contributed by atoms with Gasteiger partial charge in [0.2, 0.25) is 0 Å². The number of rotatable bonds is 4. The first-order chi connectivity index (χ1) is 8.19. The molecule has 0 aliphatic heterocycles. The Kier molecular flexibility index (Phi) is 3.34. The summed E-state index contributed by atoms with van der Waals surface area (Å²) < 4.78 is 20.2. The molecule has 0 radical (unpaired) electrons. The molecule has 0 aliphatic carbocycles. The van der Waals surface area contributed by atoms with Crippen LogP contribution in [-0.2, 0) is 20.2 Å². The summed E-state index contributed by atoms with van der Waals surface area (Å²) in [6.07, 6.45) is 1.52. The van der Waals surface area contributed by atoms with Crippen molar-refractivity contribution in [2.24, 2.45) is 12.8 Å². The van der Waals surface area contributed by atoms with Crippen molar-refractivity contribution in [3.8, 4) is 6.01 Å². The van der Waals surface area contributed by atoms with Crippen LogP contribution in [0.1, 0.15) is 11.1 Å². The maximum atomic E-state index is 13.4. The maximum absolute atomic E-state index is 13.4. The van der Waals surface area contributed by atoms with Gasteiger partial charge in [0.05, 0.1) is 0 Å². The summed E-state index contributed by atoms with van der Waals surface area (Å²) in [5.41, 5.74) is 6.79. The van der Waals surface area contributed by atoms with Crippen LogP contribution in [0.3, 0.4) is 0 Å². The van der Waals surface area contributed by atoms with E-state index in [1.807, 2.05) is 0 Å². The number of hydrogen-bond donors (Lipinski definition) is 1. The lowest BCUT2D eigenvalue weighted by molar-refractivity contribution is 0.274. The van der Waals surface area contributed by atoms with Gasteiger partial charge in [-0.2, -0.15) is 4.98 Å². The van der Waals surface area contributed by atoms with E-state index in [-0.39, 0.29) is 18.4 Å². The van der Waals surface area contributed by atoms with Crippen LogP contribution in [0.2, 0.25) is 0 Å². The molecule has 0 atom stereocenters. The van der Waals surface area contributed by atoms with Gasteiger partial charge in [0, 0.05) is 19.2 Å². The summed E-state index contributed by atoms with van der Waals surface area (Å²) in [6.45, 7) is 0.457. The Morgan fingerprint density at radius 1 is 1.47 bits per heavy atom. The third-order valence-corrected chi connectivity index (χ3v) is 2.28. The molecule has 1 heterocycles. The number of benzene rings is 1. The highest BCUT2D eigenvalue weighted by molar-refractivity contribution is 5.24. The average Bonchev–Trinajstić information content (AvgIpc) is 2.74. The Bertz CT molecular complexity index is 512.